The summed E-state index contributed by atoms with van der Waals surface area (Å²) in [5.41, 5.74) is 16.8. The maximum atomic E-state index is 6.20. The molecule has 4 N–H and O–H groups in total. The van der Waals surface area contributed by atoms with Crippen molar-refractivity contribution in [2.75, 3.05) is 17.2 Å². The van der Waals surface area contributed by atoms with Crippen LogP contribution >= 0.6 is 0 Å². The lowest BCUT2D eigenvalue weighted by atomic mass is 9.88. The van der Waals surface area contributed by atoms with Gasteiger partial charge in [0.25, 0.3) is 0 Å². The summed E-state index contributed by atoms with van der Waals surface area (Å²) in [5, 5.41) is 0. The molecule has 1 aliphatic carbocycles. The van der Waals surface area contributed by atoms with E-state index in [1.165, 1.54) is 16.7 Å². The minimum absolute atomic E-state index is 0.0283. The van der Waals surface area contributed by atoms with Crippen molar-refractivity contribution in [3.63, 3.8) is 0 Å². The van der Waals surface area contributed by atoms with Crippen LogP contribution in [0.2, 0.25) is 0 Å². The summed E-state index contributed by atoms with van der Waals surface area (Å²) in [6.45, 7) is 3.10. The van der Waals surface area contributed by atoms with Crippen molar-refractivity contribution < 1.29 is 0 Å². The first-order chi connectivity index (χ1) is 10.1. The Balaban J connectivity index is 1.87. The van der Waals surface area contributed by atoms with Gasteiger partial charge in [-0.3, -0.25) is 0 Å². The van der Waals surface area contributed by atoms with Crippen LogP contribution in [0, 0.1) is 5.92 Å². The van der Waals surface area contributed by atoms with Gasteiger partial charge in [0.2, 0.25) is 5.95 Å². The lowest BCUT2D eigenvalue weighted by Crippen LogP contribution is -2.61. The summed E-state index contributed by atoms with van der Waals surface area (Å²) in [5.74, 6) is 1.75. The van der Waals surface area contributed by atoms with Gasteiger partial charge >= 0.3 is 0 Å². The van der Waals surface area contributed by atoms with E-state index in [4.69, 9.17) is 11.5 Å². The highest BCUT2D eigenvalue weighted by molar-refractivity contribution is 5.75. The Morgan fingerprint density at radius 3 is 2.76 bits per heavy atom. The molecule has 0 saturated carbocycles. The Kier molecular flexibility index (Phi) is 2.65. The van der Waals surface area contributed by atoms with Gasteiger partial charge in [-0.2, -0.15) is 4.98 Å². The number of hydrogen-bond acceptors (Lipinski definition) is 5. The van der Waals surface area contributed by atoms with Crippen molar-refractivity contribution >= 4 is 11.8 Å². The molecule has 0 radical (unpaired) electrons. The number of nitrogens with zero attached hydrogens (tertiary/aromatic N) is 3. The zero-order valence-electron chi connectivity index (χ0n) is 12.1. The van der Waals surface area contributed by atoms with Gasteiger partial charge in [0, 0.05) is 23.6 Å². The predicted octanol–water partition coefficient (Wildman–Crippen LogP) is 1.57. The number of nitrogen functional groups attached to an aromatic ring is 1. The first-order valence-electron chi connectivity index (χ1n) is 7.42. The monoisotopic (exact) mass is 281 g/mol. The number of aromatic nitrogens is 2. The number of aryl methyl sites for hydroxylation is 1. The Bertz CT molecular complexity index is 712. The number of fused-ring (bicyclic) bond motifs is 3. The molecule has 1 aliphatic heterocycles. The van der Waals surface area contributed by atoms with Crippen LogP contribution in [-0.2, 0) is 12.8 Å². The average molecular weight is 281 g/mol. The quantitative estimate of drug-likeness (QED) is 0.829. The summed E-state index contributed by atoms with van der Waals surface area (Å²) >= 11 is 0. The van der Waals surface area contributed by atoms with Crippen molar-refractivity contribution in [1.29, 1.82) is 0 Å². The third kappa shape index (κ3) is 1.81. The predicted molar refractivity (Wildman–Crippen MR) is 83.8 cm³/mol. The summed E-state index contributed by atoms with van der Waals surface area (Å²) in [7, 11) is 0. The van der Waals surface area contributed by atoms with E-state index in [0.717, 1.165) is 30.9 Å². The Morgan fingerprint density at radius 2 is 2.00 bits per heavy atom. The summed E-state index contributed by atoms with van der Waals surface area (Å²) in [6, 6.07) is 8.39. The van der Waals surface area contributed by atoms with Crippen LogP contribution in [0.3, 0.4) is 0 Å². The number of nitrogens with two attached hydrogens (primary N) is 2. The molecule has 5 heteroatoms. The molecule has 2 atom stereocenters. The molecule has 2 heterocycles. The maximum absolute atomic E-state index is 6.20. The second-order valence-electron chi connectivity index (χ2n) is 6.01. The highest BCUT2D eigenvalue weighted by Crippen LogP contribution is 2.39. The third-order valence-electron chi connectivity index (χ3n) is 4.62. The van der Waals surface area contributed by atoms with Crippen molar-refractivity contribution in [2.24, 2.45) is 11.7 Å². The van der Waals surface area contributed by atoms with Crippen molar-refractivity contribution in [3.8, 4) is 11.3 Å². The first kappa shape index (κ1) is 12.6. The fraction of sp³-hybridized carbons (Fsp3) is 0.375. The molecular weight excluding hydrogens is 262 g/mol. The fourth-order valence-electron chi connectivity index (χ4n) is 3.35. The van der Waals surface area contributed by atoms with E-state index in [1.807, 2.05) is 6.07 Å². The first-order valence-corrected chi connectivity index (χ1v) is 7.42. The molecular formula is C16H19N5. The molecule has 5 nitrogen and oxygen atoms in total. The zero-order chi connectivity index (χ0) is 14.6. The smallest absolute Gasteiger partial charge is 0.222 e. The minimum Gasteiger partial charge on any atom is -0.368 e. The Morgan fingerprint density at radius 1 is 1.19 bits per heavy atom. The van der Waals surface area contributed by atoms with Crippen LogP contribution in [0.1, 0.15) is 18.1 Å². The standard InChI is InChI=1S/C16H19N5/c1-9-8-21(14(9)17)15-12-7-6-10-4-2-3-5-11(10)13(12)19-16(18)20-15/h2-5,9,14H,6-8,17H2,1H3,(H2,18,19,20). The molecule has 1 aromatic heterocycles. The highest BCUT2D eigenvalue weighted by atomic mass is 15.3. The normalized spacial score (nSPS) is 23.2. The number of hydrogen-bond donors (Lipinski definition) is 2. The Hall–Kier alpha value is -2.14. The molecule has 1 saturated heterocycles. The van der Waals surface area contributed by atoms with E-state index < -0.39 is 0 Å². The fourth-order valence-corrected chi connectivity index (χ4v) is 3.35. The van der Waals surface area contributed by atoms with E-state index in [2.05, 4.69) is 40.0 Å². The van der Waals surface area contributed by atoms with Gasteiger partial charge in [-0.1, -0.05) is 31.2 Å². The summed E-state index contributed by atoms with van der Waals surface area (Å²) in [4.78, 5) is 11.1. The lowest BCUT2D eigenvalue weighted by molar-refractivity contribution is 0.322. The number of benzene rings is 1. The van der Waals surface area contributed by atoms with Crippen LogP contribution in [0.15, 0.2) is 24.3 Å². The number of rotatable bonds is 1. The molecule has 2 aliphatic rings. The van der Waals surface area contributed by atoms with Crippen LogP contribution in [0.4, 0.5) is 11.8 Å². The van der Waals surface area contributed by atoms with Crippen LogP contribution in [0.5, 0.6) is 0 Å². The molecule has 4 rings (SSSR count). The van der Waals surface area contributed by atoms with E-state index in [-0.39, 0.29) is 6.17 Å². The largest absolute Gasteiger partial charge is 0.368 e. The maximum Gasteiger partial charge on any atom is 0.222 e. The Labute approximate surface area is 124 Å². The third-order valence-corrected chi connectivity index (χ3v) is 4.62. The molecule has 0 amide bonds. The molecule has 2 unspecified atom stereocenters. The number of anilines is 2. The SMILES string of the molecule is CC1CN(c2nc(N)nc3c2CCc2ccccc2-3)C1N. The topological polar surface area (TPSA) is 81.1 Å². The van der Waals surface area contributed by atoms with Gasteiger partial charge in [-0.15, -0.1) is 0 Å². The average Bonchev–Trinajstić information content (AvgIpc) is 2.51. The van der Waals surface area contributed by atoms with Crippen LogP contribution in [-0.4, -0.2) is 22.7 Å². The zero-order valence-corrected chi connectivity index (χ0v) is 12.1. The van der Waals surface area contributed by atoms with Gasteiger partial charge in [-0.25, -0.2) is 4.98 Å². The molecule has 0 spiro atoms. The van der Waals surface area contributed by atoms with E-state index in [0.29, 0.717) is 11.9 Å². The van der Waals surface area contributed by atoms with Crippen LogP contribution in [0.25, 0.3) is 11.3 Å². The second kappa shape index (κ2) is 4.43. The van der Waals surface area contributed by atoms with E-state index in [1.54, 1.807) is 0 Å². The van der Waals surface area contributed by atoms with Gasteiger partial charge in [0.15, 0.2) is 0 Å². The van der Waals surface area contributed by atoms with Crippen LogP contribution < -0.4 is 16.4 Å². The van der Waals surface area contributed by atoms with Gasteiger partial charge in [0.05, 0.1) is 11.9 Å². The van der Waals surface area contributed by atoms with Crippen molar-refractivity contribution in [1.82, 2.24) is 9.97 Å². The second-order valence-corrected chi connectivity index (χ2v) is 6.01. The summed E-state index contributed by atoms with van der Waals surface area (Å²) < 4.78 is 0. The molecule has 1 fully saturated rings. The van der Waals surface area contributed by atoms with Gasteiger partial charge < -0.3 is 16.4 Å². The van der Waals surface area contributed by atoms with Gasteiger partial charge in [0.1, 0.15) is 5.82 Å². The van der Waals surface area contributed by atoms with Crippen molar-refractivity contribution in [3.05, 3.63) is 35.4 Å². The molecule has 0 bridgehead atoms. The summed E-state index contributed by atoms with van der Waals surface area (Å²) in [6.07, 6.45) is 1.99. The minimum atomic E-state index is 0.0283. The van der Waals surface area contributed by atoms with Crippen molar-refractivity contribution in [2.45, 2.75) is 25.9 Å². The lowest BCUT2D eigenvalue weighted by Gasteiger charge is -2.46. The molecule has 1 aromatic carbocycles. The molecule has 21 heavy (non-hydrogen) atoms. The molecule has 2 aromatic rings. The van der Waals surface area contributed by atoms with Gasteiger partial charge in [-0.05, 0) is 18.4 Å². The molecule has 108 valence electrons. The van der Waals surface area contributed by atoms with E-state index in [9.17, 15) is 0 Å². The van der Waals surface area contributed by atoms with E-state index >= 15 is 0 Å². The highest BCUT2D eigenvalue weighted by Gasteiger charge is 2.36.